The van der Waals surface area contributed by atoms with Gasteiger partial charge in [0.15, 0.2) is 0 Å². The van der Waals surface area contributed by atoms with Crippen molar-refractivity contribution in [3.63, 3.8) is 0 Å². The van der Waals surface area contributed by atoms with E-state index in [-0.39, 0.29) is 16.7 Å². The second kappa shape index (κ2) is 13.4. The molecule has 0 saturated carbocycles. The number of hydrogen-bond donors (Lipinski definition) is 0. The first kappa shape index (κ1) is 21.9. The molecular formula is C20H43NO. The van der Waals surface area contributed by atoms with E-state index in [1.165, 1.54) is 70.6 Å². The van der Waals surface area contributed by atoms with Gasteiger partial charge in [0.1, 0.15) is 0 Å². The van der Waals surface area contributed by atoms with Crippen LogP contribution in [0.15, 0.2) is 0 Å². The molecule has 22 heavy (non-hydrogen) atoms. The van der Waals surface area contributed by atoms with Crippen molar-refractivity contribution in [1.29, 1.82) is 0 Å². The Morgan fingerprint density at radius 3 is 1.23 bits per heavy atom. The number of unbranched alkanes of at least 4 members (excludes halogenated alkanes) is 11. The smallest absolute Gasteiger partial charge is 0.0832 e. The normalized spacial score (nSPS) is 12.5. The van der Waals surface area contributed by atoms with Crippen molar-refractivity contribution in [1.82, 2.24) is 0 Å². The molecule has 0 spiro atoms. The van der Waals surface area contributed by atoms with Gasteiger partial charge in [0.25, 0.3) is 0 Å². The predicted molar refractivity (Wildman–Crippen MR) is 99.8 cm³/mol. The van der Waals surface area contributed by atoms with Crippen LogP contribution in [-0.2, 0) is 0 Å². The lowest BCUT2D eigenvalue weighted by molar-refractivity contribution is -0.922. The third-order valence-corrected chi connectivity index (χ3v) is 5.11. The SMILES string of the molecule is CCCCCCCCCCCCCC[N+]([O-])(C(C)C)C(C)C. The first-order chi connectivity index (χ1) is 10.4. The molecular weight excluding hydrogens is 270 g/mol. The van der Waals surface area contributed by atoms with Crippen LogP contribution in [0.2, 0.25) is 0 Å². The molecule has 0 aliphatic carbocycles. The average Bonchev–Trinajstić information content (AvgIpc) is 2.47. The van der Waals surface area contributed by atoms with Gasteiger partial charge in [-0.25, -0.2) is 0 Å². The van der Waals surface area contributed by atoms with Crippen LogP contribution in [0.5, 0.6) is 0 Å². The molecule has 0 N–H and O–H groups in total. The fourth-order valence-corrected chi connectivity index (χ4v) is 3.31. The summed E-state index contributed by atoms with van der Waals surface area (Å²) in [7, 11) is 0. The maximum absolute atomic E-state index is 12.7. The van der Waals surface area contributed by atoms with Crippen LogP contribution < -0.4 is 0 Å². The van der Waals surface area contributed by atoms with Crippen molar-refractivity contribution in [3.8, 4) is 0 Å². The topological polar surface area (TPSA) is 23.1 Å². The minimum Gasteiger partial charge on any atom is -0.632 e. The Hall–Kier alpha value is -0.0800. The van der Waals surface area contributed by atoms with E-state index in [0.29, 0.717) is 0 Å². The summed E-state index contributed by atoms with van der Waals surface area (Å²) in [5, 5.41) is 12.7. The van der Waals surface area contributed by atoms with Gasteiger partial charge >= 0.3 is 0 Å². The number of hydroxylamine groups is 3. The van der Waals surface area contributed by atoms with Crippen molar-refractivity contribution >= 4 is 0 Å². The van der Waals surface area contributed by atoms with Gasteiger partial charge in [0, 0.05) is 0 Å². The van der Waals surface area contributed by atoms with Gasteiger partial charge in [0.05, 0.1) is 18.6 Å². The standard InChI is InChI=1S/C20H43NO/c1-6-7-8-9-10-11-12-13-14-15-16-17-18-21(22,19(2)3)20(4)5/h19-20H,6-18H2,1-5H3. The molecule has 0 aliphatic heterocycles. The molecule has 0 aromatic rings. The van der Waals surface area contributed by atoms with E-state index >= 15 is 0 Å². The van der Waals surface area contributed by atoms with E-state index in [1.54, 1.807) is 0 Å². The molecule has 134 valence electrons. The average molecular weight is 314 g/mol. The van der Waals surface area contributed by atoms with Crippen molar-refractivity contribution < 1.29 is 4.65 Å². The fraction of sp³-hybridized carbons (Fsp3) is 1.00. The lowest BCUT2D eigenvalue weighted by Gasteiger charge is -2.50. The Labute approximate surface area is 140 Å². The molecule has 0 aliphatic rings. The first-order valence-corrected chi connectivity index (χ1v) is 10.0. The minimum absolute atomic E-state index is 0.0161. The highest BCUT2D eigenvalue weighted by Crippen LogP contribution is 2.20. The van der Waals surface area contributed by atoms with Gasteiger partial charge in [-0.2, -0.15) is 0 Å². The number of quaternary nitrogens is 1. The zero-order valence-electron chi connectivity index (χ0n) is 16.2. The first-order valence-electron chi connectivity index (χ1n) is 10.0. The van der Waals surface area contributed by atoms with Gasteiger partial charge in [-0.15, -0.1) is 0 Å². The van der Waals surface area contributed by atoms with Crippen molar-refractivity contribution in [2.24, 2.45) is 0 Å². The van der Waals surface area contributed by atoms with Gasteiger partial charge in [-0.1, -0.05) is 71.1 Å². The summed E-state index contributed by atoms with van der Waals surface area (Å²) in [4.78, 5) is 0. The lowest BCUT2D eigenvalue weighted by Crippen LogP contribution is -2.53. The molecule has 0 aromatic carbocycles. The van der Waals surface area contributed by atoms with E-state index in [4.69, 9.17) is 0 Å². The fourth-order valence-electron chi connectivity index (χ4n) is 3.31. The van der Waals surface area contributed by atoms with Crippen molar-refractivity contribution in [3.05, 3.63) is 5.21 Å². The number of nitrogens with zero attached hydrogens (tertiary/aromatic N) is 1. The van der Waals surface area contributed by atoms with Crippen LogP contribution in [0.4, 0.5) is 0 Å². The van der Waals surface area contributed by atoms with Crippen LogP contribution in [0.1, 0.15) is 112 Å². The highest BCUT2D eigenvalue weighted by Gasteiger charge is 2.24. The largest absolute Gasteiger partial charge is 0.632 e. The Bertz CT molecular complexity index is 230. The third kappa shape index (κ3) is 9.84. The van der Waals surface area contributed by atoms with Gasteiger partial charge in [0.2, 0.25) is 0 Å². The Kier molecular flexibility index (Phi) is 13.3. The molecule has 0 rings (SSSR count). The zero-order chi connectivity index (χ0) is 16.8. The maximum Gasteiger partial charge on any atom is 0.0832 e. The molecule has 0 heterocycles. The van der Waals surface area contributed by atoms with E-state index in [9.17, 15) is 5.21 Å². The third-order valence-electron chi connectivity index (χ3n) is 5.11. The molecule has 2 heteroatoms. The van der Waals surface area contributed by atoms with E-state index in [2.05, 4.69) is 34.6 Å². The lowest BCUT2D eigenvalue weighted by atomic mass is 10.0. The second-order valence-electron chi connectivity index (χ2n) is 7.65. The molecule has 0 radical (unpaired) electrons. The Morgan fingerprint density at radius 1 is 0.591 bits per heavy atom. The maximum atomic E-state index is 12.7. The summed E-state index contributed by atoms with van der Waals surface area (Å²) >= 11 is 0. The number of hydrogen-bond acceptors (Lipinski definition) is 1. The zero-order valence-corrected chi connectivity index (χ0v) is 16.2. The summed E-state index contributed by atoms with van der Waals surface area (Å²) < 4.78 is -0.0161. The van der Waals surface area contributed by atoms with E-state index < -0.39 is 0 Å². The van der Waals surface area contributed by atoms with Crippen LogP contribution in [0.3, 0.4) is 0 Å². The van der Waals surface area contributed by atoms with E-state index in [1.807, 2.05) is 0 Å². The predicted octanol–water partition coefficient (Wildman–Crippen LogP) is 6.82. The number of rotatable bonds is 15. The van der Waals surface area contributed by atoms with Crippen LogP contribution in [-0.4, -0.2) is 23.3 Å². The van der Waals surface area contributed by atoms with Crippen molar-refractivity contribution in [2.45, 2.75) is 124 Å². The summed E-state index contributed by atoms with van der Waals surface area (Å²) in [6, 6.07) is 0.375. The summed E-state index contributed by atoms with van der Waals surface area (Å²) in [6.45, 7) is 11.3. The highest BCUT2D eigenvalue weighted by molar-refractivity contribution is 4.56. The molecule has 0 amide bonds. The van der Waals surface area contributed by atoms with Gasteiger partial charge < -0.3 is 9.85 Å². The quantitative estimate of drug-likeness (QED) is 0.185. The molecule has 0 aromatic heterocycles. The Morgan fingerprint density at radius 2 is 0.909 bits per heavy atom. The monoisotopic (exact) mass is 313 g/mol. The molecule has 0 atom stereocenters. The highest BCUT2D eigenvalue weighted by atomic mass is 16.5. The summed E-state index contributed by atoms with van der Waals surface area (Å²) in [6.07, 6.45) is 16.3. The van der Waals surface area contributed by atoms with Crippen LogP contribution >= 0.6 is 0 Å². The Balaban J connectivity index is 3.43. The molecule has 2 nitrogen and oxygen atoms in total. The van der Waals surface area contributed by atoms with Gasteiger partial charge in [-0.3, -0.25) is 0 Å². The molecule has 0 saturated heterocycles. The van der Waals surface area contributed by atoms with E-state index in [0.717, 1.165) is 13.0 Å². The van der Waals surface area contributed by atoms with Crippen molar-refractivity contribution in [2.75, 3.05) is 6.54 Å². The summed E-state index contributed by atoms with van der Waals surface area (Å²) in [5.74, 6) is 0. The summed E-state index contributed by atoms with van der Waals surface area (Å²) in [5.41, 5.74) is 0. The molecule has 0 bridgehead atoms. The molecule has 0 unspecified atom stereocenters. The second-order valence-corrected chi connectivity index (χ2v) is 7.65. The molecule has 0 fully saturated rings. The van der Waals surface area contributed by atoms with Crippen LogP contribution in [0.25, 0.3) is 0 Å². The van der Waals surface area contributed by atoms with Crippen LogP contribution in [0, 0.1) is 5.21 Å². The minimum atomic E-state index is -0.0161. The van der Waals surface area contributed by atoms with Gasteiger partial charge in [-0.05, 0) is 40.5 Å².